The van der Waals surface area contributed by atoms with Crippen LogP contribution < -0.4 is 18.9 Å². The number of rotatable bonds is 5. The van der Waals surface area contributed by atoms with E-state index in [2.05, 4.69) is 0 Å². The third-order valence-corrected chi connectivity index (χ3v) is 3.67. The van der Waals surface area contributed by atoms with Crippen molar-refractivity contribution in [2.24, 2.45) is 0 Å². The fourth-order valence-corrected chi connectivity index (χ4v) is 2.47. The van der Waals surface area contributed by atoms with Gasteiger partial charge in [-0.25, -0.2) is 0 Å². The highest BCUT2D eigenvalue weighted by Crippen LogP contribution is 2.36. The van der Waals surface area contributed by atoms with E-state index in [4.69, 9.17) is 24.2 Å². The molecule has 0 amide bonds. The second-order valence-electron chi connectivity index (χ2n) is 5.15. The quantitative estimate of drug-likeness (QED) is 0.780. The van der Waals surface area contributed by atoms with Crippen LogP contribution in [0.15, 0.2) is 42.2 Å². The highest BCUT2D eigenvalue weighted by atomic mass is 16.5. The molecule has 1 heterocycles. The molecule has 0 bridgehead atoms. The second-order valence-corrected chi connectivity index (χ2v) is 5.15. The molecule has 0 saturated heterocycles. The first-order valence-corrected chi connectivity index (χ1v) is 7.46. The van der Waals surface area contributed by atoms with Gasteiger partial charge in [0.05, 0.1) is 19.8 Å². The number of hydrogen-bond acceptors (Lipinski definition) is 6. The largest absolute Gasteiger partial charge is 0.497 e. The fraction of sp³-hybridized carbons (Fsp3) is 0.158. The van der Waals surface area contributed by atoms with Crippen LogP contribution in [0.3, 0.4) is 0 Å². The average Bonchev–Trinajstić information content (AvgIpc) is 2.95. The van der Waals surface area contributed by atoms with Crippen molar-refractivity contribution in [3.8, 4) is 29.1 Å². The Morgan fingerprint density at radius 1 is 1.12 bits per heavy atom. The Balaban J connectivity index is 1.93. The van der Waals surface area contributed by atoms with Gasteiger partial charge in [0.15, 0.2) is 12.4 Å². The molecule has 0 spiro atoms. The number of carbonyl (C=O) groups excluding carboxylic acids is 1. The molecule has 0 radical (unpaired) electrons. The summed E-state index contributed by atoms with van der Waals surface area (Å²) in [4.78, 5) is 12.5. The van der Waals surface area contributed by atoms with E-state index in [9.17, 15) is 4.79 Å². The molecule has 3 rings (SSSR count). The lowest BCUT2D eigenvalue weighted by atomic mass is 10.1. The molecule has 0 atom stereocenters. The van der Waals surface area contributed by atoms with Crippen LogP contribution in [0.2, 0.25) is 0 Å². The molecule has 0 fully saturated rings. The van der Waals surface area contributed by atoms with Gasteiger partial charge >= 0.3 is 0 Å². The summed E-state index contributed by atoms with van der Waals surface area (Å²) in [5.41, 5.74) is 1.11. The Labute approximate surface area is 144 Å². The molecule has 2 aromatic rings. The average molecular weight is 337 g/mol. The van der Waals surface area contributed by atoms with Crippen molar-refractivity contribution in [3.05, 3.63) is 53.3 Å². The summed E-state index contributed by atoms with van der Waals surface area (Å²) in [6, 6.07) is 12.0. The number of Topliss-reactive ketones (excluding diaryl/α,β-unsaturated/α-hetero) is 1. The molecule has 0 saturated carbocycles. The van der Waals surface area contributed by atoms with Gasteiger partial charge in [-0.15, -0.1) is 0 Å². The maximum atomic E-state index is 12.5. The lowest BCUT2D eigenvalue weighted by molar-refractivity contribution is 0.101. The van der Waals surface area contributed by atoms with E-state index in [-0.39, 0.29) is 18.1 Å². The lowest BCUT2D eigenvalue weighted by Gasteiger charge is -2.08. The fourth-order valence-electron chi connectivity index (χ4n) is 2.47. The Morgan fingerprint density at radius 3 is 2.64 bits per heavy atom. The summed E-state index contributed by atoms with van der Waals surface area (Å²) in [5, 5.41) is 8.57. The molecule has 0 aromatic heterocycles. The summed E-state index contributed by atoms with van der Waals surface area (Å²) in [6.07, 6.45) is 1.61. The summed E-state index contributed by atoms with van der Waals surface area (Å²) >= 11 is 0. The van der Waals surface area contributed by atoms with Crippen molar-refractivity contribution in [1.82, 2.24) is 0 Å². The summed E-state index contributed by atoms with van der Waals surface area (Å²) < 4.78 is 21.4. The van der Waals surface area contributed by atoms with Crippen molar-refractivity contribution in [2.45, 2.75) is 0 Å². The van der Waals surface area contributed by atoms with Gasteiger partial charge in [0.25, 0.3) is 0 Å². The van der Waals surface area contributed by atoms with Crippen LogP contribution in [-0.4, -0.2) is 26.6 Å². The number of benzene rings is 2. The van der Waals surface area contributed by atoms with E-state index in [0.29, 0.717) is 34.1 Å². The normalized spacial score (nSPS) is 13.8. The molecular weight excluding hydrogens is 322 g/mol. The van der Waals surface area contributed by atoms with Crippen molar-refractivity contribution >= 4 is 11.9 Å². The standard InChI is InChI=1S/C19H15NO5/c1-22-13-4-6-16(23-2)12(9-13)10-18-19(21)15-5-3-14(24-8-7-20)11-17(15)25-18/h3-6,9-11H,8H2,1-2H3/b18-10-. The number of nitrogens with zero attached hydrogens (tertiary/aromatic N) is 1. The van der Waals surface area contributed by atoms with Crippen LogP contribution in [0.4, 0.5) is 0 Å². The summed E-state index contributed by atoms with van der Waals surface area (Å²) in [5.74, 6) is 2.05. The Morgan fingerprint density at radius 2 is 1.92 bits per heavy atom. The molecule has 0 aliphatic carbocycles. The Bertz CT molecular complexity index is 895. The zero-order chi connectivity index (χ0) is 17.8. The number of methoxy groups -OCH3 is 2. The number of hydrogen-bond donors (Lipinski definition) is 0. The van der Waals surface area contributed by atoms with Gasteiger partial charge < -0.3 is 18.9 Å². The molecule has 1 aliphatic heterocycles. The molecule has 2 aromatic carbocycles. The number of carbonyl (C=O) groups is 1. The number of fused-ring (bicyclic) bond motifs is 1. The van der Waals surface area contributed by atoms with Gasteiger partial charge in [-0.3, -0.25) is 4.79 Å². The van der Waals surface area contributed by atoms with E-state index in [1.807, 2.05) is 6.07 Å². The minimum absolute atomic E-state index is 0.0730. The van der Waals surface area contributed by atoms with E-state index >= 15 is 0 Å². The predicted octanol–water partition coefficient (Wildman–Crippen LogP) is 3.22. The highest BCUT2D eigenvalue weighted by Gasteiger charge is 2.28. The zero-order valence-electron chi connectivity index (χ0n) is 13.7. The van der Waals surface area contributed by atoms with Crippen molar-refractivity contribution in [1.29, 1.82) is 5.26 Å². The molecule has 126 valence electrons. The van der Waals surface area contributed by atoms with Crippen LogP contribution in [-0.2, 0) is 0 Å². The van der Waals surface area contributed by atoms with Crippen LogP contribution in [0.25, 0.3) is 6.08 Å². The lowest BCUT2D eigenvalue weighted by Crippen LogP contribution is -1.99. The second kappa shape index (κ2) is 6.97. The van der Waals surface area contributed by atoms with Crippen LogP contribution in [0, 0.1) is 11.3 Å². The summed E-state index contributed by atoms with van der Waals surface area (Å²) in [6.45, 7) is -0.0730. The third-order valence-electron chi connectivity index (χ3n) is 3.67. The first-order valence-electron chi connectivity index (χ1n) is 7.46. The summed E-state index contributed by atoms with van der Waals surface area (Å²) in [7, 11) is 3.11. The molecule has 6 nitrogen and oxygen atoms in total. The molecule has 6 heteroatoms. The number of nitriles is 1. The Kier molecular flexibility index (Phi) is 4.57. The van der Waals surface area contributed by atoms with Gasteiger partial charge in [-0.1, -0.05) is 0 Å². The number of allylic oxidation sites excluding steroid dienone is 1. The predicted molar refractivity (Wildman–Crippen MR) is 90.0 cm³/mol. The first-order chi connectivity index (χ1) is 12.2. The topological polar surface area (TPSA) is 77.8 Å². The first kappa shape index (κ1) is 16.4. The minimum Gasteiger partial charge on any atom is -0.497 e. The molecule has 0 N–H and O–H groups in total. The van der Waals surface area contributed by atoms with Crippen LogP contribution in [0.5, 0.6) is 23.0 Å². The van der Waals surface area contributed by atoms with E-state index in [0.717, 1.165) is 0 Å². The number of ketones is 1. The van der Waals surface area contributed by atoms with Gasteiger partial charge in [0.2, 0.25) is 5.78 Å². The maximum absolute atomic E-state index is 12.5. The van der Waals surface area contributed by atoms with Gasteiger partial charge in [0.1, 0.15) is 29.1 Å². The van der Waals surface area contributed by atoms with E-state index in [1.54, 1.807) is 56.7 Å². The van der Waals surface area contributed by atoms with Crippen molar-refractivity contribution in [2.75, 3.05) is 20.8 Å². The maximum Gasteiger partial charge on any atom is 0.231 e. The Hall–Kier alpha value is -3.46. The smallest absolute Gasteiger partial charge is 0.231 e. The molecular formula is C19H15NO5. The van der Waals surface area contributed by atoms with Crippen LogP contribution >= 0.6 is 0 Å². The minimum atomic E-state index is -0.230. The van der Waals surface area contributed by atoms with Gasteiger partial charge in [-0.2, -0.15) is 5.26 Å². The molecule has 0 unspecified atom stereocenters. The van der Waals surface area contributed by atoms with E-state index < -0.39 is 0 Å². The van der Waals surface area contributed by atoms with Gasteiger partial charge in [0, 0.05) is 11.6 Å². The van der Waals surface area contributed by atoms with Crippen molar-refractivity contribution in [3.63, 3.8) is 0 Å². The SMILES string of the molecule is COc1ccc(OC)c(/C=C2\Oc3cc(OCC#N)ccc3C2=O)c1. The van der Waals surface area contributed by atoms with Crippen molar-refractivity contribution < 1.29 is 23.7 Å². The zero-order valence-corrected chi connectivity index (χ0v) is 13.7. The highest BCUT2D eigenvalue weighted by molar-refractivity contribution is 6.14. The monoisotopic (exact) mass is 337 g/mol. The molecule has 1 aliphatic rings. The number of ether oxygens (including phenoxy) is 4. The molecule has 25 heavy (non-hydrogen) atoms. The van der Waals surface area contributed by atoms with Crippen LogP contribution in [0.1, 0.15) is 15.9 Å². The third kappa shape index (κ3) is 3.26. The van der Waals surface area contributed by atoms with Gasteiger partial charge in [-0.05, 0) is 36.4 Å². The van der Waals surface area contributed by atoms with E-state index in [1.165, 1.54) is 0 Å².